The van der Waals surface area contributed by atoms with Crippen LogP contribution in [-0.2, 0) is 4.79 Å². The van der Waals surface area contributed by atoms with Crippen molar-refractivity contribution < 1.29 is 14.7 Å². The fourth-order valence-corrected chi connectivity index (χ4v) is 4.21. The van der Waals surface area contributed by atoms with Crippen molar-refractivity contribution in [2.24, 2.45) is 0 Å². The van der Waals surface area contributed by atoms with E-state index in [1.54, 1.807) is 28.5 Å². The van der Waals surface area contributed by atoms with Crippen molar-refractivity contribution in [3.63, 3.8) is 0 Å². The van der Waals surface area contributed by atoms with E-state index in [2.05, 4.69) is 4.98 Å². The minimum atomic E-state index is -0.897. The molecule has 1 aromatic heterocycles. The standard InChI is InChI=1S/C16H14Cl2N2O3S/c17-9-3-4-11(12(18)6-9)15-19-13(8-24-15)16(23)20-5-1-2-10(20)7-14(21)22/h3-4,6,8,10H,1-2,5,7H2,(H,21,22). The van der Waals surface area contributed by atoms with Gasteiger partial charge in [0.1, 0.15) is 10.7 Å². The number of aromatic nitrogens is 1. The molecule has 1 aliphatic heterocycles. The maximum atomic E-state index is 12.6. The van der Waals surface area contributed by atoms with Gasteiger partial charge in [-0.05, 0) is 31.0 Å². The quantitative estimate of drug-likeness (QED) is 0.857. The second-order valence-electron chi connectivity index (χ2n) is 5.55. The first kappa shape index (κ1) is 17.2. The molecule has 126 valence electrons. The number of amides is 1. The van der Waals surface area contributed by atoms with Gasteiger partial charge in [0.05, 0.1) is 11.4 Å². The van der Waals surface area contributed by atoms with Crippen LogP contribution < -0.4 is 0 Å². The third-order valence-corrected chi connectivity index (χ3v) is 5.36. The zero-order valence-electron chi connectivity index (χ0n) is 12.5. The number of carbonyl (C=O) groups excluding carboxylic acids is 1. The number of rotatable bonds is 4. The minimum absolute atomic E-state index is 0.0360. The molecule has 0 radical (unpaired) electrons. The highest BCUT2D eigenvalue weighted by Crippen LogP contribution is 2.33. The maximum Gasteiger partial charge on any atom is 0.305 e. The minimum Gasteiger partial charge on any atom is -0.481 e. The average molecular weight is 385 g/mol. The van der Waals surface area contributed by atoms with Crippen LogP contribution in [-0.4, -0.2) is 39.5 Å². The molecule has 2 heterocycles. The van der Waals surface area contributed by atoms with Gasteiger partial charge in [0.2, 0.25) is 0 Å². The molecule has 24 heavy (non-hydrogen) atoms. The molecule has 1 saturated heterocycles. The molecule has 1 atom stereocenters. The Kier molecular flexibility index (Phi) is 5.08. The van der Waals surface area contributed by atoms with Gasteiger partial charge in [-0.2, -0.15) is 0 Å². The summed E-state index contributed by atoms with van der Waals surface area (Å²) in [5.74, 6) is -1.13. The van der Waals surface area contributed by atoms with Gasteiger partial charge in [-0.25, -0.2) is 4.98 Å². The summed E-state index contributed by atoms with van der Waals surface area (Å²) >= 11 is 13.4. The summed E-state index contributed by atoms with van der Waals surface area (Å²) in [5.41, 5.74) is 1.03. The van der Waals surface area contributed by atoms with Crippen LogP contribution in [0.4, 0.5) is 0 Å². The Labute approximate surface area is 152 Å². The van der Waals surface area contributed by atoms with E-state index in [9.17, 15) is 9.59 Å². The van der Waals surface area contributed by atoms with Crippen LogP contribution >= 0.6 is 34.5 Å². The first-order chi connectivity index (χ1) is 11.5. The lowest BCUT2D eigenvalue weighted by atomic mass is 10.1. The number of halogens is 2. The first-order valence-electron chi connectivity index (χ1n) is 7.39. The summed E-state index contributed by atoms with van der Waals surface area (Å²) in [6, 6.07) is 4.85. The van der Waals surface area contributed by atoms with Gasteiger partial charge in [-0.3, -0.25) is 9.59 Å². The predicted octanol–water partition coefficient (Wildman–Crippen LogP) is 4.20. The number of nitrogens with zero attached hydrogens (tertiary/aromatic N) is 2. The maximum absolute atomic E-state index is 12.6. The number of hydrogen-bond acceptors (Lipinski definition) is 4. The van der Waals surface area contributed by atoms with Gasteiger partial charge in [-0.15, -0.1) is 11.3 Å². The molecule has 1 N–H and O–H groups in total. The van der Waals surface area contributed by atoms with E-state index in [1.165, 1.54) is 11.3 Å². The number of thiazole rings is 1. The van der Waals surface area contributed by atoms with Crippen LogP contribution in [0.2, 0.25) is 10.0 Å². The number of benzene rings is 1. The van der Waals surface area contributed by atoms with Crippen molar-refractivity contribution in [3.05, 3.63) is 39.3 Å². The van der Waals surface area contributed by atoms with Crippen LogP contribution in [0.25, 0.3) is 10.6 Å². The van der Waals surface area contributed by atoms with Crippen LogP contribution in [0.5, 0.6) is 0 Å². The second kappa shape index (κ2) is 7.09. The Morgan fingerprint density at radius 2 is 2.17 bits per heavy atom. The van der Waals surface area contributed by atoms with E-state index >= 15 is 0 Å². The van der Waals surface area contributed by atoms with Crippen molar-refractivity contribution in [1.82, 2.24) is 9.88 Å². The molecule has 1 aromatic carbocycles. The number of aliphatic carboxylic acids is 1. The molecule has 1 unspecified atom stereocenters. The number of carboxylic acids is 1. The zero-order valence-corrected chi connectivity index (χ0v) is 14.9. The van der Waals surface area contributed by atoms with Gasteiger partial charge in [0.15, 0.2) is 0 Å². The lowest BCUT2D eigenvalue weighted by Gasteiger charge is -2.22. The molecule has 1 aliphatic rings. The van der Waals surface area contributed by atoms with E-state index in [1.807, 2.05) is 0 Å². The second-order valence-corrected chi connectivity index (χ2v) is 7.26. The average Bonchev–Trinajstić information content (AvgIpc) is 3.15. The topological polar surface area (TPSA) is 70.5 Å². The van der Waals surface area contributed by atoms with Gasteiger partial charge < -0.3 is 10.0 Å². The summed E-state index contributed by atoms with van der Waals surface area (Å²) in [4.78, 5) is 29.6. The summed E-state index contributed by atoms with van der Waals surface area (Å²) < 4.78 is 0. The summed E-state index contributed by atoms with van der Waals surface area (Å²) in [6.07, 6.45) is 1.48. The monoisotopic (exact) mass is 384 g/mol. The highest BCUT2D eigenvalue weighted by atomic mass is 35.5. The van der Waals surface area contributed by atoms with Crippen molar-refractivity contribution >= 4 is 46.4 Å². The highest BCUT2D eigenvalue weighted by Gasteiger charge is 2.32. The molecule has 5 nitrogen and oxygen atoms in total. The molecule has 0 aliphatic carbocycles. The molecule has 0 bridgehead atoms. The van der Waals surface area contributed by atoms with Crippen LogP contribution in [0.15, 0.2) is 23.6 Å². The zero-order chi connectivity index (χ0) is 17.3. The smallest absolute Gasteiger partial charge is 0.305 e. The number of likely N-dealkylation sites (tertiary alicyclic amines) is 1. The van der Waals surface area contributed by atoms with E-state index in [-0.39, 0.29) is 18.4 Å². The Balaban J connectivity index is 1.82. The largest absolute Gasteiger partial charge is 0.481 e. The van der Waals surface area contributed by atoms with Crippen molar-refractivity contribution in [1.29, 1.82) is 0 Å². The van der Waals surface area contributed by atoms with Crippen molar-refractivity contribution in [2.75, 3.05) is 6.54 Å². The molecular formula is C16H14Cl2N2O3S. The van der Waals surface area contributed by atoms with Crippen molar-refractivity contribution in [3.8, 4) is 10.6 Å². The van der Waals surface area contributed by atoms with Crippen LogP contribution in [0.3, 0.4) is 0 Å². The lowest BCUT2D eigenvalue weighted by Crippen LogP contribution is -2.37. The highest BCUT2D eigenvalue weighted by molar-refractivity contribution is 7.13. The predicted molar refractivity (Wildman–Crippen MR) is 93.9 cm³/mol. The molecule has 1 amide bonds. The van der Waals surface area contributed by atoms with E-state index < -0.39 is 5.97 Å². The van der Waals surface area contributed by atoms with Crippen LogP contribution in [0.1, 0.15) is 29.8 Å². The number of carbonyl (C=O) groups is 2. The van der Waals surface area contributed by atoms with Gasteiger partial charge in [0.25, 0.3) is 5.91 Å². The van der Waals surface area contributed by atoms with Crippen molar-refractivity contribution in [2.45, 2.75) is 25.3 Å². The number of hydrogen-bond donors (Lipinski definition) is 1. The first-order valence-corrected chi connectivity index (χ1v) is 9.03. The molecule has 8 heteroatoms. The fourth-order valence-electron chi connectivity index (χ4n) is 2.82. The summed E-state index contributed by atoms with van der Waals surface area (Å²) in [5, 5.41) is 12.3. The third kappa shape index (κ3) is 3.55. The Bertz CT molecular complexity index is 793. The Hall–Kier alpha value is -1.63. The van der Waals surface area contributed by atoms with Crippen LogP contribution in [0, 0.1) is 0 Å². The molecule has 1 fully saturated rings. The van der Waals surface area contributed by atoms with Gasteiger partial charge in [0, 0.05) is 28.6 Å². The lowest BCUT2D eigenvalue weighted by molar-refractivity contribution is -0.137. The summed E-state index contributed by atoms with van der Waals surface area (Å²) in [7, 11) is 0. The fraction of sp³-hybridized carbons (Fsp3) is 0.312. The molecule has 0 saturated carbocycles. The van der Waals surface area contributed by atoms with E-state index in [4.69, 9.17) is 28.3 Å². The molecule has 3 rings (SSSR count). The van der Waals surface area contributed by atoms with E-state index in [0.29, 0.717) is 39.3 Å². The Morgan fingerprint density at radius 1 is 1.38 bits per heavy atom. The SMILES string of the molecule is O=C(O)CC1CCCN1C(=O)c1csc(-c2ccc(Cl)cc2Cl)n1. The molecular weight excluding hydrogens is 371 g/mol. The normalized spacial score (nSPS) is 17.2. The molecule has 2 aromatic rings. The van der Waals surface area contributed by atoms with Gasteiger partial charge >= 0.3 is 5.97 Å². The van der Waals surface area contributed by atoms with E-state index in [0.717, 1.165) is 6.42 Å². The van der Waals surface area contributed by atoms with Gasteiger partial charge in [-0.1, -0.05) is 23.2 Å². The molecule has 0 spiro atoms. The summed E-state index contributed by atoms with van der Waals surface area (Å²) in [6.45, 7) is 0.561. The third-order valence-electron chi connectivity index (χ3n) is 3.93. The number of carboxylic acid groups (broad SMARTS) is 1. The Morgan fingerprint density at radius 3 is 2.88 bits per heavy atom.